The number of amides is 2. The van der Waals surface area contributed by atoms with E-state index in [0.717, 1.165) is 28.3 Å². The Labute approximate surface area is 141 Å². The van der Waals surface area contributed by atoms with Gasteiger partial charge < -0.3 is 10.6 Å². The van der Waals surface area contributed by atoms with Crippen LogP contribution in [0.1, 0.15) is 18.0 Å². The van der Waals surface area contributed by atoms with Gasteiger partial charge in [0.25, 0.3) is 0 Å². The standard InChI is InChI=1S/C17H14F2N2O2S/c18-10-7-11(19)9-12(8-10)20-16(22)17(23)21-14-5-6-24-15-4-2-1-3-13(14)15/h1-4,7-9,14H,5-6H2,(H,20,22)(H,21,23)/t14-/m1/s1. The smallest absolute Gasteiger partial charge is 0.313 e. The molecule has 0 fully saturated rings. The van der Waals surface area contributed by atoms with Crippen molar-refractivity contribution in [1.82, 2.24) is 5.32 Å². The van der Waals surface area contributed by atoms with Crippen LogP contribution in [0.2, 0.25) is 0 Å². The Hall–Kier alpha value is -2.41. The fourth-order valence-corrected chi connectivity index (χ4v) is 3.65. The summed E-state index contributed by atoms with van der Waals surface area (Å²) in [6, 6.07) is 9.99. The molecule has 0 saturated carbocycles. The molecule has 2 amide bonds. The van der Waals surface area contributed by atoms with Gasteiger partial charge in [0.15, 0.2) is 0 Å². The molecule has 0 aliphatic carbocycles. The quantitative estimate of drug-likeness (QED) is 0.819. The van der Waals surface area contributed by atoms with Gasteiger partial charge in [-0.25, -0.2) is 8.78 Å². The van der Waals surface area contributed by atoms with Crippen molar-refractivity contribution in [2.45, 2.75) is 17.4 Å². The second kappa shape index (κ2) is 7.00. The number of rotatable bonds is 2. The Kier molecular flexibility index (Phi) is 4.80. The molecule has 1 aliphatic rings. The summed E-state index contributed by atoms with van der Waals surface area (Å²) in [5.74, 6) is -2.63. The van der Waals surface area contributed by atoms with Crippen LogP contribution in [0.25, 0.3) is 0 Å². The molecule has 2 N–H and O–H groups in total. The van der Waals surface area contributed by atoms with Crippen LogP contribution in [0.15, 0.2) is 47.4 Å². The zero-order valence-electron chi connectivity index (χ0n) is 12.5. The minimum absolute atomic E-state index is 0.104. The van der Waals surface area contributed by atoms with Crippen LogP contribution < -0.4 is 10.6 Å². The molecule has 0 radical (unpaired) electrons. The first kappa shape index (κ1) is 16.4. The first-order chi connectivity index (χ1) is 11.5. The first-order valence-corrected chi connectivity index (χ1v) is 8.31. The summed E-state index contributed by atoms with van der Waals surface area (Å²) in [7, 11) is 0. The molecule has 1 atom stereocenters. The van der Waals surface area contributed by atoms with Gasteiger partial charge >= 0.3 is 11.8 Å². The summed E-state index contributed by atoms with van der Waals surface area (Å²) in [5.41, 5.74) is 0.860. The Bertz CT molecular complexity index is 778. The summed E-state index contributed by atoms with van der Waals surface area (Å²) < 4.78 is 26.2. The molecule has 1 aliphatic heterocycles. The second-order valence-electron chi connectivity index (χ2n) is 5.31. The highest BCUT2D eigenvalue weighted by Gasteiger charge is 2.24. The van der Waals surface area contributed by atoms with Crippen molar-refractivity contribution in [3.05, 3.63) is 59.7 Å². The van der Waals surface area contributed by atoms with Gasteiger partial charge in [0, 0.05) is 22.4 Å². The number of hydrogen-bond acceptors (Lipinski definition) is 3. The number of hydrogen-bond donors (Lipinski definition) is 2. The fraction of sp³-hybridized carbons (Fsp3) is 0.176. The van der Waals surface area contributed by atoms with Crippen molar-refractivity contribution in [1.29, 1.82) is 0 Å². The van der Waals surface area contributed by atoms with Crippen molar-refractivity contribution >= 4 is 29.3 Å². The van der Waals surface area contributed by atoms with Crippen molar-refractivity contribution in [3.8, 4) is 0 Å². The van der Waals surface area contributed by atoms with E-state index < -0.39 is 23.4 Å². The molecule has 7 heteroatoms. The number of fused-ring (bicyclic) bond motifs is 1. The number of carbonyl (C=O) groups is 2. The zero-order chi connectivity index (χ0) is 17.1. The number of thioether (sulfide) groups is 1. The van der Waals surface area contributed by atoms with Gasteiger partial charge in [0.1, 0.15) is 11.6 Å². The predicted octanol–water partition coefficient (Wildman–Crippen LogP) is 3.26. The van der Waals surface area contributed by atoms with Crippen LogP contribution >= 0.6 is 11.8 Å². The summed E-state index contributed by atoms with van der Waals surface area (Å²) >= 11 is 1.70. The molecule has 3 rings (SSSR count). The fourth-order valence-electron chi connectivity index (χ4n) is 2.53. The average molecular weight is 348 g/mol. The summed E-state index contributed by atoms with van der Waals surface area (Å²) in [6.07, 6.45) is 0.704. The van der Waals surface area contributed by atoms with Crippen molar-refractivity contribution in [2.75, 3.05) is 11.1 Å². The van der Waals surface area contributed by atoms with Gasteiger partial charge in [0.05, 0.1) is 6.04 Å². The van der Waals surface area contributed by atoms with E-state index in [2.05, 4.69) is 10.6 Å². The highest BCUT2D eigenvalue weighted by atomic mass is 32.2. The lowest BCUT2D eigenvalue weighted by molar-refractivity contribution is -0.136. The zero-order valence-corrected chi connectivity index (χ0v) is 13.3. The molecule has 4 nitrogen and oxygen atoms in total. The highest BCUT2D eigenvalue weighted by Crippen LogP contribution is 2.35. The lowest BCUT2D eigenvalue weighted by Gasteiger charge is -2.25. The SMILES string of the molecule is O=C(Nc1cc(F)cc(F)c1)C(=O)N[C@@H]1CCSc2ccccc21. The van der Waals surface area contributed by atoms with Crippen molar-refractivity contribution in [2.24, 2.45) is 0 Å². The van der Waals surface area contributed by atoms with E-state index in [1.165, 1.54) is 0 Å². The Morgan fingerprint density at radius 2 is 1.75 bits per heavy atom. The van der Waals surface area contributed by atoms with Crippen LogP contribution in [-0.2, 0) is 9.59 Å². The molecule has 24 heavy (non-hydrogen) atoms. The first-order valence-electron chi connectivity index (χ1n) is 7.32. The third-order valence-corrected chi connectivity index (χ3v) is 4.71. The van der Waals surface area contributed by atoms with E-state index in [4.69, 9.17) is 0 Å². The molecule has 1 heterocycles. The van der Waals surface area contributed by atoms with Crippen molar-refractivity contribution in [3.63, 3.8) is 0 Å². The van der Waals surface area contributed by atoms with Gasteiger partial charge in [0.2, 0.25) is 0 Å². The third-order valence-electron chi connectivity index (χ3n) is 3.59. The number of halogens is 2. The summed E-state index contributed by atoms with van der Waals surface area (Å²) in [5, 5.41) is 4.87. The molecule has 0 bridgehead atoms. The molecule has 0 aromatic heterocycles. The monoisotopic (exact) mass is 348 g/mol. The summed E-state index contributed by atoms with van der Waals surface area (Å²) in [4.78, 5) is 25.1. The maximum Gasteiger partial charge on any atom is 0.313 e. The van der Waals surface area contributed by atoms with Crippen LogP contribution in [0.4, 0.5) is 14.5 Å². The van der Waals surface area contributed by atoms with Gasteiger partial charge in [-0.3, -0.25) is 9.59 Å². The van der Waals surface area contributed by atoms with Gasteiger partial charge in [-0.15, -0.1) is 11.8 Å². The topological polar surface area (TPSA) is 58.2 Å². The van der Waals surface area contributed by atoms with Crippen LogP contribution in [0.5, 0.6) is 0 Å². The molecule has 2 aromatic carbocycles. The van der Waals surface area contributed by atoms with Gasteiger partial charge in [-0.05, 0) is 30.2 Å². The Morgan fingerprint density at radius 3 is 2.50 bits per heavy atom. The van der Waals surface area contributed by atoms with Crippen LogP contribution in [0, 0.1) is 11.6 Å². The second-order valence-corrected chi connectivity index (χ2v) is 6.45. The minimum Gasteiger partial charge on any atom is -0.341 e. The predicted molar refractivity (Wildman–Crippen MR) is 87.7 cm³/mol. The Morgan fingerprint density at radius 1 is 1.04 bits per heavy atom. The molecular weight excluding hydrogens is 334 g/mol. The van der Waals surface area contributed by atoms with E-state index >= 15 is 0 Å². The number of anilines is 1. The maximum absolute atomic E-state index is 13.1. The molecule has 0 saturated heterocycles. The number of nitrogens with one attached hydrogen (secondary N) is 2. The van der Waals surface area contributed by atoms with Gasteiger partial charge in [-0.1, -0.05) is 18.2 Å². The largest absolute Gasteiger partial charge is 0.341 e. The summed E-state index contributed by atoms with van der Waals surface area (Å²) in [6.45, 7) is 0. The normalized spacial score (nSPS) is 16.2. The van der Waals surface area contributed by atoms with E-state index in [-0.39, 0.29) is 11.7 Å². The molecule has 124 valence electrons. The lowest BCUT2D eigenvalue weighted by atomic mass is 10.0. The Balaban J connectivity index is 1.68. The lowest BCUT2D eigenvalue weighted by Crippen LogP contribution is -2.38. The van der Waals surface area contributed by atoms with Crippen LogP contribution in [0.3, 0.4) is 0 Å². The molecule has 0 spiro atoms. The molecular formula is C17H14F2N2O2S. The van der Waals surface area contributed by atoms with E-state index in [1.807, 2.05) is 24.3 Å². The molecule has 2 aromatic rings. The number of carbonyl (C=O) groups excluding carboxylic acids is 2. The van der Waals surface area contributed by atoms with E-state index in [9.17, 15) is 18.4 Å². The minimum atomic E-state index is -0.962. The highest BCUT2D eigenvalue weighted by molar-refractivity contribution is 7.99. The van der Waals surface area contributed by atoms with E-state index in [1.54, 1.807) is 11.8 Å². The average Bonchev–Trinajstić information content (AvgIpc) is 2.54. The number of benzene rings is 2. The van der Waals surface area contributed by atoms with Crippen molar-refractivity contribution < 1.29 is 18.4 Å². The third kappa shape index (κ3) is 3.73. The maximum atomic E-state index is 13.1. The molecule has 0 unspecified atom stereocenters. The van der Waals surface area contributed by atoms with E-state index in [0.29, 0.717) is 12.5 Å². The van der Waals surface area contributed by atoms with Crippen LogP contribution in [-0.4, -0.2) is 17.6 Å². The van der Waals surface area contributed by atoms with Gasteiger partial charge in [-0.2, -0.15) is 0 Å².